The van der Waals surface area contributed by atoms with Crippen molar-refractivity contribution in [1.82, 2.24) is 15.2 Å². The number of benzene rings is 1. The summed E-state index contributed by atoms with van der Waals surface area (Å²) in [6.07, 6.45) is 3.12. The number of amides is 2. The van der Waals surface area contributed by atoms with Gasteiger partial charge in [-0.1, -0.05) is 6.07 Å². The topological polar surface area (TPSA) is 80.8 Å². The predicted octanol–water partition coefficient (Wildman–Crippen LogP) is 1.59. The lowest BCUT2D eigenvalue weighted by Crippen LogP contribution is -2.37. The lowest BCUT2D eigenvalue weighted by Gasteiger charge is -2.21. The Morgan fingerprint density at radius 1 is 1.24 bits per heavy atom. The van der Waals surface area contributed by atoms with Crippen LogP contribution in [0.3, 0.4) is 0 Å². The molecule has 0 spiro atoms. The minimum atomic E-state index is -0.209. The first-order valence-electron chi connectivity index (χ1n) is 7.96. The summed E-state index contributed by atoms with van der Waals surface area (Å²) in [5.41, 5.74) is 1.44. The van der Waals surface area contributed by atoms with Crippen molar-refractivity contribution >= 4 is 11.8 Å². The fourth-order valence-corrected chi connectivity index (χ4v) is 2.51. The fraction of sp³-hybridized carbons (Fsp3) is 0.278. The maximum Gasteiger partial charge on any atom is 0.252 e. The number of ether oxygens (including phenoxy) is 2. The average Bonchev–Trinajstić information content (AvgIpc) is 3.09. The molecule has 7 nitrogen and oxygen atoms in total. The fourth-order valence-electron chi connectivity index (χ4n) is 2.51. The van der Waals surface area contributed by atoms with Crippen LogP contribution in [-0.4, -0.2) is 41.6 Å². The summed E-state index contributed by atoms with van der Waals surface area (Å²) in [6, 6.07) is 9.00. The van der Waals surface area contributed by atoms with Crippen molar-refractivity contribution in [3.05, 3.63) is 53.9 Å². The van der Waals surface area contributed by atoms with Crippen molar-refractivity contribution in [2.75, 3.05) is 19.9 Å². The van der Waals surface area contributed by atoms with E-state index in [1.54, 1.807) is 23.2 Å². The number of nitrogens with one attached hydrogen (secondary N) is 1. The molecule has 2 aromatic rings. The van der Waals surface area contributed by atoms with Crippen LogP contribution in [0, 0.1) is 0 Å². The number of carbonyl (C=O) groups is 2. The van der Waals surface area contributed by atoms with Gasteiger partial charge in [0, 0.05) is 39.0 Å². The lowest BCUT2D eigenvalue weighted by atomic mass is 10.2. The van der Waals surface area contributed by atoms with Crippen molar-refractivity contribution in [2.45, 2.75) is 13.5 Å². The Bertz CT molecular complexity index is 764. The number of nitrogens with zero attached hydrogens (tertiary/aromatic N) is 2. The molecular weight excluding hydrogens is 322 g/mol. The molecule has 0 atom stereocenters. The Hall–Kier alpha value is -3.09. The quantitative estimate of drug-likeness (QED) is 0.863. The van der Waals surface area contributed by atoms with Gasteiger partial charge in [0.25, 0.3) is 5.91 Å². The Morgan fingerprint density at radius 2 is 2.08 bits per heavy atom. The van der Waals surface area contributed by atoms with E-state index in [1.165, 1.54) is 13.1 Å². The SMILES string of the molecule is CC(=O)N(CCNC(=O)c1cccnc1)Cc1ccc2c(c1)OCO2. The van der Waals surface area contributed by atoms with Gasteiger partial charge in [-0.25, -0.2) is 0 Å². The molecule has 130 valence electrons. The van der Waals surface area contributed by atoms with Gasteiger partial charge < -0.3 is 19.7 Å². The van der Waals surface area contributed by atoms with Gasteiger partial charge in [0.15, 0.2) is 11.5 Å². The Labute approximate surface area is 145 Å². The number of hydrogen-bond donors (Lipinski definition) is 1. The van der Waals surface area contributed by atoms with Crippen LogP contribution in [-0.2, 0) is 11.3 Å². The highest BCUT2D eigenvalue weighted by Crippen LogP contribution is 2.32. The van der Waals surface area contributed by atoms with Crippen molar-refractivity contribution in [3.8, 4) is 11.5 Å². The van der Waals surface area contributed by atoms with Crippen molar-refractivity contribution in [3.63, 3.8) is 0 Å². The van der Waals surface area contributed by atoms with E-state index in [1.807, 2.05) is 18.2 Å². The minimum Gasteiger partial charge on any atom is -0.454 e. The van der Waals surface area contributed by atoms with E-state index in [-0.39, 0.29) is 18.6 Å². The third kappa shape index (κ3) is 4.26. The van der Waals surface area contributed by atoms with Crippen molar-refractivity contribution in [1.29, 1.82) is 0 Å². The third-order valence-electron chi connectivity index (χ3n) is 3.85. The summed E-state index contributed by atoms with van der Waals surface area (Å²) in [5.74, 6) is 1.13. The van der Waals surface area contributed by atoms with Gasteiger partial charge in [0.05, 0.1) is 5.56 Å². The van der Waals surface area contributed by atoms with Gasteiger partial charge in [-0.05, 0) is 29.8 Å². The van der Waals surface area contributed by atoms with Crippen LogP contribution in [0.1, 0.15) is 22.8 Å². The van der Waals surface area contributed by atoms with Gasteiger partial charge in [0.1, 0.15) is 0 Å². The number of aromatic nitrogens is 1. The Kier molecular flexibility index (Phi) is 5.13. The van der Waals surface area contributed by atoms with E-state index in [4.69, 9.17) is 9.47 Å². The van der Waals surface area contributed by atoms with Crippen LogP contribution in [0.4, 0.5) is 0 Å². The Balaban J connectivity index is 1.55. The van der Waals surface area contributed by atoms with Crippen LogP contribution in [0.5, 0.6) is 11.5 Å². The van der Waals surface area contributed by atoms with Crippen LogP contribution in [0.25, 0.3) is 0 Å². The number of carbonyl (C=O) groups excluding carboxylic acids is 2. The van der Waals surface area contributed by atoms with Crippen molar-refractivity contribution in [2.24, 2.45) is 0 Å². The van der Waals surface area contributed by atoms with E-state index in [0.29, 0.717) is 36.7 Å². The van der Waals surface area contributed by atoms with Crippen LogP contribution >= 0.6 is 0 Å². The van der Waals surface area contributed by atoms with Gasteiger partial charge in [0.2, 0.25) is 12.7 Å². The van der Waals surface area contributed by atoms with E-state index < -0.39 is 0 Å². The number of rotatable bonds is 6. The summed E-state index contributed by atoms with van der Waals surface area (Å²) in [7, 11) is 0. The average molecular weight is 341 g/mol. The summed E-state index contributed by atoms with van der Waals surface area (Å²) in [6.45, 7) is 2.94. The molecule has 1 aromatic heterocycles. The zero-order valence-electron chi connectivity index (χ0n) is 13.9. The highest BCUT2D eigenvalue weighted by molar-refractivity contribution is 5.93. The van der Waals surface area contributed by atoms with E-state index in [2.05, 4.69) is 10.3 Å². The normalized spacial score (nSPS) is 11.9. The minimum absolute atomic E-state index is 0.0618. The number of fused-ring (bicyclic) bond motifs is 1. The molecule has 1 aliphatic rings. The number of hydrogen-bond acceptors (Lipinski definition) is 5. The molecule has 3 rings (SSSR count). The van der Waals surface area contributed by atoms with Gasteiger partial charge >= 0.3 is 0 Å². The molecule has 25 heavy (non-hydrogen) atoms. The second kappa shape index (κ2) is 7.65. The second-order valence-electron chi connectivity index (χ2n) is 5.63. The largest absolute Gasteiger partial charge is 0.454 e. The second-order valence-corrected chi connectivity index (χ2v) is 5.63. The predicted molar refractivity (Wildman–Crippen MR) is 90.2 cm³/mol. The molecule has 7 heteroatoms. The molecule has 0 saturated carbocycles. The molecule has 0 saturated heterocycles. The monoisotopic (exact) mass is 341 g/mol. The van der Waals surface area contributed by atoms with E-state index >= 15 is 0 Å². The van der Waals surface area contributed by atoms with Gasteiger partial charge in [-0.2, -0.15) is 0 Å². The van der Waals surface area contributed by atoms with Gasteiger partial charge in [-0.15, -0.1) is 0 Å². The smallest absolute Gasteiger partial charge is 0.252 e. The first-order chi connectivity index (χ1) is 12.1. The maximum absolute atomic E-state index is 12.0. The number of pyridine rings is 1. The Morgan fingerprint density at radius 3 is 2.84 bits per heavy atom. The third-order valence-corrected chi connectivity index (χ3v) is 3.85. The summed E-state index contributed by atoms with van der Waals surface area (Å²) in [5, 5.41) is 2.79. The molecule has 2 heterocycles. The van der Waals surface area contributed by atoms with Crippen LogP contribution < -0.4 is 14.8 Å². The van der Waals surface area contributed by atoms with Crippen LogP contribution in [0.2, 0.25) is 0 Å². The standard InChI is InChI=1S/C18H19N3O4/c1-13(22)21(8-7-20-18(23)15-3-2-6-19-10-15)11-14-4-5-16-17(9-14)25-12-24-16/h2-6,9-10H,7-8,11-12H2,1H3,(H,20,23). The molecule has 1 aromatic carbocycles. The zero-order valence-corrected chi connectivity index (χ0v) is 13.9. The first-order valence-corrected chi connectivity index (χ1v) is 7.96. The van der Waals surface area contributed by atoms with Crippen molar-refractivity contribution < 1.29 is 19.1 Å². The summed E-state index contributed by atoms with van der Waals surface area (Å²) >= 11 is 0. The molecule has 0 bridgehead atoms. The highest BCUT2D eigenvalue weighted by Gasteiger charge is 2.16. The van der Waals surface area contributed by atoms with E-state index in [9.17, 15) is 9.59 Å². The van der Waals surface area contributed by atoms with E-state index in [0.717, 1.165) is 5.56 Å². The maximum atomic E-state index is 12.0. The molecule has 0 unspecified atom stereocenters. The molecule has 1 N–H and O–H groups in total. The molecule has 2 amide bonds. The van der Waals surface area contributed by atoms with Gasteiger partial charge in [-0.3, -0.25) is 14.6 Å². The molecule has 1 aliphatic heterocycles. The molecule has 0 aliphatic carbocycles. The first kappa shape index (κ1) is 16.8. The molecule has 0 fully saturated rings. The van der Waals surface area contributed by atoms with Crippen LogP contribution in [0.15, 0.2) is 42.7 Å². The lowest BCUT2D eigenvalue weighted by molar-refractivity contribution is -0.129. The highest BCUT2D eigenvalue weighted by atomic mass is 16.7. The molecular formula is C18H19N3O4. The summed E-state index contributed by atoms with van der Waals surface area (Å²) < 4.78 is 10.6. The summed E-state index contributed by atoms with van der Waals surface area (Å²) in [4.78, 5) is 29.5. The molecule has 0 radical (unpaired) electrons. The zero-order chi connectivity index (χ0) is 17.6.